The van der Waals surface area contributed by atoms with Crippen LogP contribution in [0.4, 0.5) is 0 Å². The second kappa shape index (κ2) is 5.44. The van der Waals surface area contributed by atoms with Gasteiger partial charge in [-0.1, -0.05) is 0 Å². The highest BCUT2D eigenvalue weighted by Gasteiger charge is 2.07. The van der Waals surface area contributed by atoms with Crippen molar-refractivity contribution in [1.29, 1.82) is 0 Å². The van der Waals surface area contributed by atoms with Gasteiger partial charge in [0.15, 0.2) is 0 Å². The summed E-state index contributed by atoms with van der Waals surface area (Å²) in [5.41, 5.74) is 0. The zero-order chi connectivity index (χ0) is 10.4. The molecule has 14 heavy (non-hydrogen) atoms. The Morgan fingerprint density at radius 2 is 2.07 bits per heavy atom. The predicted molar refractivity (Wildman–Crippen MR) is 56.0 cm³/mol. The van der Waals surface area contributed by atoms with Crippen molar-refractivity contribution in [3.63, 3.8) is 0 Å². The highest BCUT2D eigenvalue weighted by atomic mass is 16.2. The number of hydrogen-bond acceptors (Lipinski definition) is 2. The Hall–Kier alpha value is -1.29. The fourth-order valence-corrected chi connectivity index (χ4v) is 1.11. The molecular weight excluding hydrogens is 178 g/mol. The van der Waals surface area contributed by atoms with Crippen LogP contribution in [0.3, 0.4) is 0 Å². The lowest BCUT2D eigenvalue weighted by molar-refractivity contribution is -0.122. The molecule has 0 spiro atoms. The van der Waals surface area contributed by atoms with Gasteiger partial charge >= 0.3 is 0 Å². The number of amides is 1. The Bertz CT molecular complexity index is 269. The van der Waals surface area contributed by atoms with Crippen molar-refractivity contribution >= 4 is 5.91 Å². The van der Waals surface area contributed by atoms with Crippen molar-refractivity contribution in [2.45, 2.75) is 19.5 Å². The summed E-state index contributed by atoms with van der Waals surface area (Å²) < 4.78 is 2.03. The van der Waals surface area contributed by atoms with Crippen LogP contribution in [0.15, 0.2) is 24.5 Å². The number of hydrogen-bond donors (Lipinski definition) is 2. The van der Waals surface area contributed by atoms with E-state index < -0.39 is 0 Å². The monoisotopic (exact) mass is 195 g/mol. The lowest BCUT2D eigenvalue weighted by Crippen LogP contribution is -2.41. The summed E-state index contributed by atoms with van der Waals surface area (Å²) in [6.07, 6.45) is 3.96. The summed E-state index contributed by atoms with van der Waals surface area (Å²) in [6, 6.07) is 3.82. The molecule has 1 unspecified atom stereocenters. The van der Waals surface area contributed by atoms with Gasteiger partial charge < -0.3 is 15.2 Å². The number of rotatable bonds is 5. The maximum Gasteiger partial charge on any atom is 0.236 e. The molecule has 0 saturated carbocycles. The third-order valence-electron chi connectivity index (χ3n) is 2.16. The molecule has 0 aliphatic carbocycles. The average Bonchev–Trinajstić information content (AvgIpc) is 2.69. The van der Waals surface area contributed by atoms with Crippen molar-refractivity contribution in [2.24, 2.45) is 0 Å². The van der Waals surface area contributed by atoms with Gasteiger partial charge in [0.1, 0.15) is 0 Å². The summed E-state index contributed by atoms with van der Waals surface area (Å²) in [5, 5.41) is 5.74. The van der Waals surface area contributed by atoms with Crippen LogP contribution in [-0.4, -0.2) is 30.1 Å². The van der Waals surface area contributed by atoms with E-state index in [1.54, 1.807) is 7.05 Å². The zero-order valence-corrected chi connectivity index (χ0v) is 8.66. The molecule has 0 bridgehead atoms. The normalized spacial score (nSPS) is 12.4. The van der Waals surface area contributed by atoms with Crippen LogP contribution in [0.2, 0.25) is 0 Å². The van der Waals surface area contributed by atoms with E-state index in [2.05, 4.69) is 10.6 Å². The fourth-order valence-electron chi connectivity index (χ4n) is 1.11. The first-order chi connectivity index (χ1) is 6.74. The van der Waals surface area contributed by atoms with Gasteiger partial charge in [-0.15, -0.1) is 0 Å². The predicted octanol–water partition coefficient (Wildman–Crippen LogP) is 0.212. The quantitative estimate of drug-likeness (QED) is 0.705. The Morgan fingerprint density at radius 1 is 1.43 bits per heavy atom. The summed E-state index contributed by atoms with van der Waals surface area (Å²) >= 11 is 0. The van der Waals surface area contributed by atoms with Crippen LogP contribution < -0.4 is 10.6 Å². The van der Waals surface area contributed by atoms with E-state index in [0.717, 1.165) is 6.54 Å². The first-order valence-electron chi connectivity index (χ1n) is 4.80. The van der Waals surface area contributed by atoms with E-state index in [9.17, 15) is 4.79 Å². The van der Waals surface area contributed by atoms with Crippen LogP contribution in [0, 0.1) is 0 Å². The summed E-state index contributed by atoms with van der Waals surface area (Å²) in [6.45, 7) is 3.32. The van der Waals surface area contributed by atoms with Crippen LogP contribution >= 0.6 is 0 Å². The second-order valence-corrected chi connectivity index (χ2v) is 3.22. The fraction of sp³-hybridized carbons (Fsp3) is 0.500. The van der Waals surface area contributed by atoms with Crippen LogP contribution in [-0.2, 0) is 11.3 Å². The molecule has 0 aliphatic rings. The summed E-state index contributed by atoms with van der Waals surface area (Å²) in [4.78, 5) is 11.3. The Kier molecular flexibility index (Phi) is 4.19. The molecule has 0 radical (unpaired) electrons. The van der Waals surface area contributed by atoms with E-state index in [4.69, 9.17) is 0 Å². The van der Waals surface area contributed by atoms with Gasteiger partial charge in [-0.2, -0.15) is 0 Å². The number of aromatic nitrogens is 1. The molecule has 0 aromatic carbocycles. The van der Waals surface area contributed by atoms with E-state index in [1.165, 1.54) is 0 Å². The van der Waals surface area contributed by atoms with Crippen molar-refractivity contribution in [1.82, 2.24) is 15.2 Å². The molecule has 0 fully saturated rings. The van der Waals surface area contributed by atoms with E-state index in [0.29, 0.717) is 6.54 Å². The molecule has 1 atom stereocenters. The van der Waals surface area contributed by atoms with Gasteiger partial charge in [-0.05, 0) is 26.1 Å². The van der Waals surface area contributed by atoms with Gasteiger partial charge in [-0.25, -0.2) is 0 Å². The Labute approximate surface area is 84.3 Å². The average molecular weight is 195 g/mol. The number of likely N-dealkylation sites (N-methyl/N-ethyl adjacent to an activating group) is 1. The molecule has 78 valence electrons. The smallest absolute Gasteiger partial charge is 0.236 e. The number of carbonyl (C=O) groups excluding carboxylic acids is 1. The molecule has 2 N–H and O–H groups in total. The van der Waals surface area contributed by atoms with E-state index in [-0.39, 0.29) is 11.9 Å². The molecule has 0 aliphatic heterocycles. The van der Waals surface area contributed by atoms with Crippen molar-refractivity contribution in [3.8, 4) is 0 Å². The molecule has 1 amide bonds. The zero-order valence-electron chi connectivity index (χ0n) is 8.66. The summed E-state index contributed by atoms with van der Waals surface area (Å²) in [7, 11) is 1.77. The van der Waals surface area contributed by atoms with E-state index >= 15 is 0 Å². The van der Waals surface area contributed by atoms with Crippen molar-refractivity contribution in [3.05, 3.63) is 24.5 Å². The van der Waals surface area contributed by atoms with Crippen LogP contribution in [0.1, 0.15) is 6.92 Å². The third kappa shape index (κ3) is 3.22. The summed E-state index contributed by atoms with van der Waals surface area (Å²) in [5.74, 6) is 0.0413. The van der Waals surface area contributed by atoms with Crippen molar-refractivity contribution < 1.29 is 4.79 Å². The van der Waals surface area contributed by atoms with Crippen LogP contribution in [0.25, 0.3) is 0 Å². The molecule has 0 saturated heterocycles. The van der Waals surface area contributed by atoms with Crippen molar-refractivity contribution in [2.75, 3.05) is 13.6 Å². The van der Waals surface area contributed by atoms with Crippen LogP contribution in [0.5, 0.6) is 0 Å². The van der Waals surface area contributed by atoms with Gasteiger partial charge in [0.25, 0.3) is 0 Å². The Morgan fingerprint density at radius 3 is 2.64 bits per heavy atom. The molecule has 4 heteroatoms. The topological polar surface area (TPSA) is 46.1 Å². The highest BCUT2D eigenvalue weighted by Crippen LogP contribution is 1.88. The minimum absolute atomic E-state index is 0.0413. The largest absolute Gasteiger partial charge is 0.353 e. The standard InChI is InChI=1S/C10H17N3O/c1-9(11-2)10(14)12-5-8-13-6-3-4-7-13/h3-4,6-7,9,11H,5,8H2,1-2H3,(H,12,14). The second-order valence-electron chi connectivity index (χ2n) is 3.22. The lowest BCUT2D eigenvalue weighted by atomic mass is 10.3. The SMILES string of the molecule is CNC(C)C(=O)NCCn1cccc1. The molecule has 1 aromatic heterocycles. The van der Waals surface area contributed by atoms with E-state index in [1.807, 2.05) is 36.0 Å². The molecular formula is C10H17N3O. The minimum atomic E-state index is -0.125. The lowest BCUT2D eigenvalue weighted by Gasteiger charge is -2.11. The number of carbonyl (C=O) groups is 1. The maximum atomic E-state index is 11.3. The Balaban J connectivity index is 2.18. The van der Waals surface area contributed by atoms with Gasteiger partial charge in [0, 0.05) is 25.5 Å². The third-order valence-corrected chi connectivity index (χ3v) is 2.16. The van der Waals surface area contributed by atoms with Gasteiger partial charge in [0.05, 0.1) is 6.04 Å². The van der Waals surface area contributed by atoms with Gasteiger partial charge in [0.2, 0.25) is 5.91 Å². The number of nitrogens with zero attached hydrogens (tertiary/aromatic N) is 1. The maximum absolute atomic E-state index is 11.3. The molecule has 1 heterocycles. The highest BCUT2D eigenvalue weighted by molar-refractivity contribution is 5.81. The van der Waals surface area contributed by atoms with Gasteiger partial charge in [-0.3, -0.25) is 4.79 Å². The molecule has 1 aromatic rings. The number of nitrogens with one attached hydrogen (secondary N) is 2. The molecule has 4 nitrogen and oxygen atoms in total. The molecule has 1 rings (SSSR count). The minimum Gasteiger partial charge on any atom is -0.353 e. The first kappa shape index (κ1) is 10.8. The first-order valence-corrected chi connectivity index (χ1v) is 4.80.